The van der Waals surface area contributed by atoms with Gasteiger partial charge in [-0.15, -0.1) is 5.73 Å². The number of ether oxygens (including phenoxy) is 1. The van der Waals surface area contributed by atoms with Gasteiger partial charge in [-0.3, -0.25) is 0 Å². The van der Waals surface area contributed by atoms with Crippen LogP contribution in [0.3, 0.4) is 0 Å². The van der Waals surface area contributed by atoms with E-state index in [-0.39, 0.29) is 0 Å². The van der Waals surface area contributed by atoms with Crippen molar-refractivity contribution >= 4 is 12.3 Å². The van der Waals surface area contributed by atoms with Gasteiger partial charge in [-0.05, 0) is 33.3 Å². The summed E-state index contributed by atoms with van der Waals surface area (Å²) in [6.45, 7) is 5.40. The van der Waals surface area contributed by atoms with Gasteiger partial charge in [0.05, 0.1) is 6.08 Å². The molecule has 0 spiro atoms. The number of rotatable bonds is 4. The SMILES string of the molecule is CC(C)(C)OC(=O)C=C=CCCC=O. The Kier molecular flexibility index (Phi) is 5.58. The zero-order valence-corrected chi connectivity index (χ0v) is 8.87. The lowest BCUT2D eigenvalue weighted by molar-refractivity contribution is -0.148. The lowest BCUT2D eigenvalue weighted by Crippen LogP contribution is -2.22. The lowest BCUT2D eigenvalue weighted by Gasteiger charge is -2.17. The minimum atomic E-state index is -0.474. The maximum atomic E-state index is 11.1. The molecule has 14 heavy (non-hydrogen) atoms. The molecule has 0 N–H and O–H groups in total. The fourth-order valence-electron chi connectivity index (χ4n) is 0.693. The molecule has 0 bridgehead atoms. The van der Waals surface area contributed by atoms with Crippen molar-refractivity contribution in [3.63, 3.8) is 0 Å². The molecular weight excluding hydrogens is 180 g/mol. The first-order valence-electron chi connectivity index (χ1n) is 4.53. The predicted octanol–water partition coefficient (Wildman–Crippen LogP) is 2.02. The first-order valence-corrected chi connectivity index (χ1v) is 4.53. The monoisotopic (exact) mass is 196 g/mol. The largest absolute Gasteiger partial charge is 0.456 e. The van der Waals surface area contributed by atoms with Gasteiger partial charge in [-0.2, -0.15) is 0 Å². The number of hydrogen-bond donors (Lipinski definition) is 0. The van der Waals surface area contributed by atoms with Crippen molar-refractivity contribution in [3.8, 4) is 0 Å². The molecule has 0 aromatic carbocycles. The molecule has 0 saturated carbocycles. The zero-order chi connectivity index (χ0) is 11.0. The summed E-state index contributed by atoms with van der Waals surface area (Å²) in [5, 5.41) is 0. The molecule has 0 aliphatic heterocycles. The van der Waals surface area contributed by atoms with Gasteiger partial charge in [0.15, 0.2) is 0 Å². The van der Waals surface area contributed by atoms with E-state index in [0.717, 1.165) is 6.29 Å². The van der Waals surface area contributed by atoms with Crippen LogP contribution >= 0.6 is 0 Å². The lowest BCUT2D eigenvalue weighted by atomic mass is 10.2. The minimum absolute atomic E-state index is 0.417. The van der Waals surface area contributed by atoms with Crippen molar-refractivity contribution in [3.05, 3.63) is 17.9 Å². The third-order valence-corrected chi connectivity index (χ3v) is 1.15. The van der Waals surface area contributed by atoms with Crippen LogP contribution < -0.4 is 0 Å². The normalized spacial score (nSPS) is 9.93. The Labute approximate surface area is 84.4 Å². The number of esters is 1. The van der Waals surface area contributed by atoms with Gasteiger partial charge in [-0.1, -0.05) is 0 Å². The molecule has 0 aromatic heterocycles. The molecule has 0 rings (SSSR count). The van der Waals surface area contributed by atoms with Gasteiger partial charge < -0.3 is 9.53 Å². The molecule has 3 nitrogen and oxygen atoms in total. The molecule has 0 heterocycles. The highest BCUT2D eigenvalue weighted by Crippen LogP contribution is 2.06. The molecule has 3 heteroatoms. The van der Waals surface area contributed by atoms with Crippen molar-refractivity contribution in [2.45, 2.75) is 39.2 Å². The summed E-state index contributed by atoms with van der Waals surface area (Å²) in [5.74, 6) is -0.417. The van der Waals surface area contributed by atoms with Crippen LogP contribution in [0.1, 0.15) is 33.6 Å². The average molecular weight is 196 g/mol. The third-order valence-electron chi connectivity index (χ3n) is 1.15. The summed E-state index contributed by atoms with van der Waals surface area (Å²) >= 11 is 0. The van der Waals surface area contributed by atoms with E-state index in [9.17, 15) is 9.59 Å². The highest BCUT2D eigenvalue weighted by atomic mass is 16.6. The molecular formula is C11H16O3. The van der Waals surface area contributed by atoms with Crippen molar-refractivity contribution in [1.29, 1.82) is 0 Å². The Hall–Kier alpha value is -1.34. The van der Waals surface area contributed by atoms with E-state index in [1.807, 2.05) is 0 Å². The van der Waals surface area contributed by atoms with Crippen LogP contribution in [-0.2, 0) is 14.3 Å². The van der Waals surface area contributed by atoms with Gasteiger partial charge in [0.25, 0.3) is 0 Å². The van der Waals surface area contributed by atoms with Crippen LogP contribution in [0.15, 0.2) is 17.9 Å². The molecule has 0 aliphatic rings. The van der Waals surface area contributed by atoms with Crippen LogP contribution in [0.2, 0.25) is 0 Å². The van der Waals surface area contributed by atoms with Gasteiger partial charge in [-0.25, -0.2) is 4.79 Å². The maximum absolute atomic E-state index is 11.1. The van der Waals surface area contributed by atoms with Crippen molar-refractivity contribution in [2.24, 2.45) is 0 Å². The quantitative estimate of drug-likeness (QED) is 0.227. The Balaban J connectivity index is 3.93. The first kappa shape index (κ1) is 12.7. The molecule has 0 radical (unpaired) electrons. The van der Waals surface area contributed by atoms with Gasteiger partial charge in [0, 0.05) is 6.42 Å². The minimum Gasteiger partial charge on any atom is -0.456 e. The van der Waals surface area contributed by atoms with Crippen LogP contribution in [0.5, 0.6) is 0 Å². The smallest absolute Gasteiger partial charge is 0.339 e. The predicted molar refractivity (Wildman–Crippen MR) is 53.8 cm³/mol. The molecule has 0 aliphatic carbocycles. The Morgan fingerprint density at radius 3 is 2.50 bits per heavy atom. The highest BCUT2D eigenvalue weighted by molar-refractivity contribution is 5.82. The highest BCUT2D eigenvalue weighted by Gasteiger charge is 2.13. The van der Waals surface area contributed by atoms with Crippen molar-refractivity contribution in [1.82, 2.24) is 0 Å². The summed E-state index contributed by atoms with van der Waals surface area (Å²) in [4.78, 5) is 21.0. The summed E-state index contributed by atoms with van der Waals surface area (Å²) in [6.07, 6.45) is 4.75. The van der Waals surface area contributed by atoms with E-state index >= 15 is 0 Å². The van der Waals surface area contributed by atoms with E-state index in [4.69, 9.17) is 4.74 Å². The van der Waals surface area contributed by atoms with Crippen molar-refractivity contribution in [2.75, 3.05) is 0 Å². The second-order valence-electron chi connectivity index (χ2n) is 3.79. The van der Waals surface area contributed by atoms with E-state index in [1.54, 1.807) is 26.8 Å². The topological polar surface area (TPSA) is 43.4 Å². The molecule has 0 aromatic rings. The number of hydrogen-bond acceptors (Lipinski definition) is 3. The standard InChI is InChI=1S/C11H16O3/c1-11(2,3)14-10(13)8-6-4-5-7-9-12/h4,8-9H,5,7H2,1-3H3. The molecule has 0 unspecified atom stereocenters. The van der Waals surface area contributed by atoms with Crippen LogP contribution in [0, 0.1) is 0 Å². The number of carbonyl (C=O) groups excluding carboxylic acids is 2. The van der Waals surface area contributed by atoms with Gasteiger partial charge >= 0.3 is 5.97 Å². The Morgan fingerprint density at radius 2 is 2.00 bits per heavy atom. The Morgan fingerprint density at radius 1 is 1.36 bits per heavy atom. The van der Waals surface area contributed by atoms with Crippen LogP contribution in [0.4, 0.5) is 0 Å². The molecule has 0 fully saturated rings. The van der Waals surface area contributed by atoms with E-state index < -0.39 is 11.6 Å². The number of carbonyl (C=O) groups is 2. The first-order chi connectivity index (χ1) is 6.45. The van der Waals surface area contributed by atoms with E-state index in [0.29, 0.717) is 12.8 Å². The average Bonchev–Trinajstić information content (AvgIpc) is 2.00. The zero-order valence-electron chi connectivity index (χ0n) is 8.87. The fourth-order valence-corrected chi connectivity index (χ4v) is 0.693. The maximum Gasteiger partial charge on any atom is 0.339 e. The van der Waals surface area contributed by atoms with Crippen LogP contribution in [-0.4, -0.2) is 17.9 Å². The third kappa shape index (κ3) is 8.75. The summed E-state index contributed by atoms with van der Waals surface area (Å²) in [6, 6.07) is 0. The summed E-state index contributed by atoms with van der Waals surface area (Å²) in [7, 11) is 0. The second-order valence-corrected chi connectivity index (χ2v) is 3.79. The van der Waals surface area contributed by atoms with Gasteiger partial charge in [0.1, 0.15) is 11.9 Å². The number of aldehydes is 1. The summed E-state index contributed by atoms with van der Waals surface area (Å²) < 4.78 is 5.00. The number of unbranched alkanes of at least 4 members (excludes halogenated alkanes) is 1. The molecule has 0 amide bonds. The molecule has 0 atom stereocenters. The van der Waals surface area contributed by atoms with E-state index in [1.165, 1.54) is 6.08 Å². The van der Waals surface area contributed by atoms with Crippen LogP contribution in [0.25, 0.3) is 0 Å². The summed E-state index contributed by atoms with van der Waals surface area (Å²) in [5.41, 5.74) is 2.18. The Bertz CT molecular complexity index is 252. The van der Waals surface area contributed by atoms with Crippen molar-refractivity contribution < 1.29 is 14.3 Å². The van der Waals surface area contributed by atoms with E-state index in [2.05, 4.69) is 5.73 Å². The fraction of sp³-hybridized carbons (Fsp3) is 0.545. The molecule has 0 saturated heterocycles. The second kappa shape index (κ2) is 6.17. The van der Waals surface area contributed by atoms with Gasteiger partial charge in [0.2, 0.25) is 0 Å². The molecule has 78 valence electrons.